The van der Waals surface area contributed by atoms with Crippen LogP contribution in [-0.4, -0.2) is 26.1 Å². The van der Waals surface area contributed by atoms with Gasteiger partial charge in [-0.3, -0.25) is 4.79 Å². The Hall–Kier alpha value is -1.55. The molecule has 0 aliphatic heterocycles. The molecule has 1 rings (SSSR count). The van der Waals surface area contributed by atoms with Crippen LogP contribution in [0.1, 0.15) is 37.4 Å². The molecule has 4 nitrogen and oxygen atoms in total. The van der Waals surface area contributed by atoms with E-state index in [0.29, 0.717) is 19.6 Å². The van der Waals surface area contributed by atoms with Crippen LogP contribution in [0.4, 0.5) is 0 Å². The summed E-state index contributed by atoms with van der Waals surface area (Å²) in [5.74, 6) is 0.879. The molecule has 0 heterocycles. The molecule has 0 saturated carbocycles. The lowest BCUT2D eigenvalue weighted by atomic mass is 10.1. The van der Waals surface area contributed by atoms with Crippen LogP contribution in [0.3, 0.4) is 0 Å². The summed E-state index contributed by atoms with van der Waals surface area (Å²) in [6.45, 7) is 7.09. The summed E-state index contributed by atoms with van der Waals surface area (Å²) in [6, 6.07) is 6.37. The normalized spacial score (nSPS) is 12.0. The average Bonchev–Trinajstić information content (AvgIpc) is 2.38. The molecule has 0 aliphatic carbocycles. The van der Waals surface area contributed by atoms with Crippen LogP contribution in [0, 0.1) is 6.92 Å². The Morgan fingerprint density at radius 1 is 1.42 bits per heavy atom. The Balaban J connectivity index is 2.65. The van der Waals surface area contributed by atoms with E-state index in [-0.39, 0.29) is 11.9 Å². The van der Waals surface area contributed by atoms with Crippen molar-refractivity contribution in [1.29, 1.82) is 0 Å². The topological polar surface area (TPSA) is 50.4 Å². The zero-order valence-electron chi connectivity index (χ0n) is 12.2. The molecule has 0 fully saturated rings. The van der Waals surface area contributed by atoms with Gasteiger partial charge >= 0.3 is 0 Å². The first-order valence-electron chi connectivity index (χ1n) is 6.75. The molecule has 4 heteroatoms. The number of carbonyl (C=O) groups excluding carboxylic acids is 1. The first-order chi connectivity index (χ1) is 9.08. The van der Waals surface area contributed by atoms with E-state index in [9.17, 15) is 4.79 Å². The Labute approximate surface area is 115 Å². The summed E-state index contributed by atoms with van der Waals surface area (Å²) in [5, 5.41) is 5.96. The molecule has 0 bridgehead atoms. The van der Waals surface area contributed by atoms with Crippen LogP contribution in [0.5, 0.6) is 5.75 Å². The largest absolute Gasteiger partial charge is 0.493 e. The monoisotopic (exact) mass is 264 g/mol. The quantitative estimate of drug-likeness (QED) is 0.793. The standard InChI is InChI=1S/C15H24N2O2/c1-5-17-15(18)8-9-19-14-10-11(2)6-7-13(14)12(3)16-4/h6-7,10,12,16H,5,8-9H2,1-4H3,(H,17,18). The lowest BCUT2D eigenvalue weighted by Crippen LogP contribution is -2.24. The maximum atomic E-state index is 11.4. The number of amides is 1. The highest BCUT2D eigenvalue weighted by molar-refractivity contribution is 5.75. The minimum atomic E-state index is 0.0263. The fraction of sp³-hybridized carbons (Fsp3) is 0.533. The van der Waals surface area contributed by atoms with Gasteiger partial charge < -0.3 is 15.4 Å². The second-order valence-electron chi connectivity index (χ2n) is 4.60. The summed E-state index contributed by atoms with van der Waals surface area (Å²) in [6.07, 6.45) is 0.384. The number of carbonyl (C=O) groups is 1. The van der Waals surface area contributed by atoms with Gasteiger partial charge in [0.2, 0.25) is 5.91 Å². The van der Waals surface area contributed by atoms with Gasteiger partial charge in [0.25, 0.3) is 0 Å². The zero-order chi connectivity index (χ0) is 14.3. The Bertz CT molecular complexity index is 419. The molecule has 0 aliphatic rings. The van der Waals surface area contributed by atoms with E-state index < -0.39 is 0 Å². The van der Waals surface area contributed by atoms with E-state index in [1.807, 2.05) is 27.0 Å². The smallest absolute Gasteiger partial charge is 0.223 e. The SMILES string of the molecule is CCNC(=O)CCOc1cc(C)ccc1C(C)NC. The van der Waals surface area contributed by atoms with Crippen LogP contribution in [0.2, 0.25) is 0 Å². The molecule has 2 N–H and O–H groups in total. The van der Waals surface area contributed by atoms with E-state index >= 15 is 0 Å². The summed E-state index contributed by atoms with van der Waals surface area (Å²) in [7, 11) is 1.92. The van der Waals surface area contributed by atoms with Crippen molar-refractivity contribution in [1.82, 2.24) is 10.6 Å². The van der Waals surface area contributed by atoms with Gasteiger partial charge in [-0.15, -0.1) is 0 Å². The summed E-state index contributed by atoms with van der Waals surface area (Å²) in [4.78, 5) is 11.4. The van der Waals surface area contributed by atoms with Gasteiger partial charge in [0.05, 0.1) is 13.0 Å². The van der Waals surface area contributed by atoms with Gasteiger partial charge in [-0.25, -0.2) is 0 Å². The number of nitrogens with one attached hydrogen (secondary N) is 2. The molecule has 0 aromatic heterocycles. The molecular formula is C15H24N2O2. The fourth-order valence-corrected chi connectivity index (χ4v) is 1.82. The third-order valence-electron chi connectivity index (χ3n) is 3.03. The Kier molecular flexibility index (Phi) is 6.36. The number of benzene rings is 1. The average molecular weight is 264 g/mol. The minimum Gasteiger partial charge on any atom is -0.493 e. The summed E-state index contributed by atoms with van der Waals surface area (Å²) in [5.41, 5.74) is 2.27. The molecule has 0 spiro atoms. The minimum absolute atomic E-state index is 0.0263. The molecule has 0 radical (unpaired) electrons. The Morgan fingerprint density at radius 2 is 2.16 bits per heavy atom. The lowest BCUT2D eigenvalue weighted by molar-refractivity contribution is -0.121. The fourth-order valence-electron chi connectivity index (χ4n) is 1.82. The number of rotatable bonds is 7. The number of aryl methyl sites for hydroxylation is 1. The first kappa shape index (κ1) is 15.5. The van der Waals surface area contributed by atoms with Gasteiger partial charge in [-0.05, 0) is 39.4 Å². The lowest BCUT2D eigenvalue weighted by Gasteiger charge is -2.17. The van der Waals surface area contributed by atoms with Gasteiger partial charge in [0.1, 0.15) is 5.75 Å². The van der Waals surface area contributed by atoms with Gasteiger partial charge in [-0.2, -0.15) is 0 Å². The van der Waals surface area contributed by atoms with E-state index in [2.05, 4.69) is 29.7 Å². The predicted octanol–water partition coefficient (Wildman–Crippen LogP) is 2.18. The van der Waals surface area contributed by atoms with E-state index in [4.69, 9.17) is 4.74 Å². The second-order valence-corrected chi connectivity index (χ2v) is 4.60. The maximum Gasteiger partial charge on any atom is 0.223 e. The zero-order valence-corrected chi connectivity index (χ0v) is 12.2. The second kappa shape index (κ2) is 7.79. The van der Waals surface area contributed by atoms with Crippen molar-refractivity contribution in [3.05, 3.63) is 29.3 Å². The van der Waals surface area contributed by atoms with Crippen LogP contribution in [0.25, 0.3) is 0 Å². The van der Waals surface area contributed by atoms with Gasteiger partial charge in [-0.1, -0.05) is 12.1 Å². The van der Waals surface area contributed by atoms with Crippen molar-refractivity contribution >= 4 is 5.91 Å². The Morgan fingerprint density at radius 3 is 2.79 bits per heavy atom. The highest BCUT2D eigenvalue weighted by atomic mass is 16.5. The van der Waals surface area contributed by atoms with Crippen molar-refractivity contribution in [2.24, 2.45) is 0 Å². The van der Waals surface area contributed by atoms with E-state index in [1.54, 1.807) is 0 Å². The highest BCUT2D eigenvalue weighted by Gasteiger charge is 2.10. The van der Waals surface area contributed by atoms with Crippen molar-refractivity contribution < 1.29 is 9.53 Å². The summed E-state index contributed by atoms with van der Waals surface area (Å²) >= 11 is 0. The van der Waals surface area contributed by atoms with Crippen molar-refractivity contribution in [3.63, 3.8) is 0 Å². The number of hydrogen-bond acceptors (Lipinski definition) is 3. The van der Waals surface area contributed by atoms with E-state index in [0.717, 1.165) is 16.9 Å². The van der Waals surface area contributed by atoms with Crippen molar-refractivity contribution in [3.8, 4) is 5.75 Å². The number of ether oxygens (including phenoxy) is 1. The third kappa shape index (κ3) is 4.91. The highest BCUT2D eigenvalue weighted by Crippen LogP contribution is 2.26. The molecule has 1 aromatic rings. The first-order valence-corrected chi connectivity index (χ1v) is 6.75. The summed E-state index contributed by atoms with van der Waals surface area (Å²) < 4.78 is 5.76. The molecule has 19 heavy (non-hydrogen) atoms. The number of hydrogen-bond donors (Lipinski definition) is 2. The third-order valence-corrected chi connectivity index (χ3v) is 3.03. The molecule has 106 valence electrons. The van der Waals surface area contributed by atoms with E-state index in [1.165, 1.54) is 0 Å². The van der Waals surface area contributed by atoms with Gasteiger partial charge in [0, 0.05) is 18.2 Å². The van der Waals surface area contributed by atoms with Crippen LogP contribution >= 0.6 is 0 Å². The molecule has 0 saturated heterocycles. The van der Waals surface area contributed by atoms with Crippen molar-refractivity contribution in [2.45, 2.75) is 33.2 Å². The molecule has 1 aromatic carbocycles. The van der Waals surface area contributed by atoms with Crippen molar-refractivity contribution in [2.75, 3.05) is 20.2 Å². The predicted molar refractivity (Wildman–Crippen MR) is 77.4 cm³/mol. The molecule has 1 amide bonds. The molecule has 1 atom stereocenters. The van der Waals surface area contributed by atoms with Crippen LogP contribution < -0.4 is 15.4 Å². The van der Waals surface area contributed by atoms with Crippen LogP contribution in [0.15, 0.2) is 18.2 Å². The van der Waals surface area contributed by atoms with Crippen LogP contribution in [-0.2, 0) is 4.79 Å². The molecular weight excluding hydrogens is 240 g/mol. The maximum absolute atomic E-state index is 11.4. The molecule has 1 unspecified atom stereocenters. The van der Waals surface area contributed by atoms with Gasteiger partial charge in [0.15, 0.2) is 0 Å².